The molecule has 1 aromatic heterocycles. The molecule has 8 heteroatoms. The minimum Gasteiger partial charge on any atom is -0.374 e. The highest BCUT2D eigenvalue weighted by atomic mass is 79.9. The lowest BCUT2D eigenvalue weighted by atomic mass is 10.2. The fourth-order valence-corrected chi connectivity index (χ4v) is 2.62. The number of nitrogens with zero attached hydrogens (tertiary/aromatic N) is 2. The molecule has 2 heterocycles. The van der Waals surface area contributed by atoms with Gasteiger partial charge in [0.2, 0.25) is 0 Å². The number of alkyl halides is 4. The van der Waals surface area contributed by atoms with E-state index in [1.54, 1.807) is 4.90 Å². The molecule has 0 saturated carbocycles. The Balaban J connectivity index is 2.33. The summed E-state index contributed by atoms with van der Waals surface area (Å²) in [7, 11) is 0. The van der Waals surface area contributed by atoms with Gasteiger partial charge in [-0.25, -0.2) is 4.98 Å². The van der Waals surface area contributed by atoms with Gasteiger partial charge >= 0.3 is 6.18 Å². The van der Waals surface area contributed by atoms with Gasteiger partial charge in [-0.15, -0.1) is 0 Å². The van der Waals surface area contributed by atoms with Gasteiger partial charge in [0, 0.05) is 29.1 Å². The maximum absolute atomic E-state index is 13.0. The van der Waals surface area contributed by atoms with Gasteiger partial charge < -0.3 is 9.64 Å². The monoisotopic (exact) mass is 402 g/mol. The summed E-state index contributed by atoms with van der Waals surface area (Å²) in [6, 6.07) is 1.06. The average Bonchev–Trinajstić information content (AvgIpc) is 2.37. The number of pyridine rings is 1. The van der Waals surface area contributed by atoms with Gasteiger partial charge in [0.15, 0.2) is 0 Å². The SMILES string of the molecule is FC(F)(F)c1cc(Br)cnc1N1CCOC(CBr)C1. The molecule has 1 atom stereocenters. The Morgan fingerprint density at radius 1 is 1.47 bits per heavy atom. The summed E-state index contributed by atoms with van der Waals surface area (Å²) in [5.74, 6) is -0.0371. The molecule has 0 amide bonds. The predicted octanol–water partition coefficient (Wildman–Crippen LogP) is 3.46. The molecule has 0 bridgehead atoms. The molecule has 19 heavy (non-hydrogen) atoms. The lowest BCUT2D eigenvalue weighted by Gasteiger charge is -2.34. The summed E-state index contributed by atoms with van der Waals surface area (Å²) in [5, 5.41) is 0.585. The highest BCUT2D eigenvalue weighted by Crippen LogP contribution is 2.37. The third kappa shape index (κ3) is 3.61. The van der Waals surface area contributed by atoms with E-state index in [0.29, 0.717) is 29.5 Å². The van der Waals surface area contributed by atoms with Crippen molar-refractivity contribution in [1.82, 2.24) is 4.98 Å². The summed E-state index contributed by atoms with van der Waals surface area (Å²) >= 11 is 6.30. The number of anilines is 1. The predicted molar refractivity (Wildman–Crippen MR) is 72.7 cm³/mol. The lowest BCUT2D eigenvalue weighted by molar-refractivity contribution is -0.137. The van der Waals surface area contributed by atoms with Crippen LogP contribution in [-0.4, -0.2) is 36.1 Å². The number of halogens is 5. The Hall–Kier alpha value is -0.340. The van der Waals surface area contributed by atoms with Gasteiger partial charge in [-0.3, -0.25) is 0 Å². The van der Waals surface area contributed by atoms with E-state index < -0.39 is 11.7 Å². The Bertz CT molecular complexity index is 456. The second-order valence-electron chi connectivity index (χ2n) is 4.12. The van der Waals surface area contributed by atoms with E-state index in [-0.39, 0.29) is 11.9 Å². The first-order valence-electron chi connectivity index (χ1n) is 5.57. The van der Waals surface area contributed by atoms with Crippen LogP contribution < -0.4 is 4.90 Å². The van der Waals surface area contributed by atoms with Crippen molar-refractivity contribution in [2.75, 3.05) is 29.9 Å². The molecular formula is C11H11Br2F3N2O. The Labute approximate surface area is 125 Å². The number of hydrogen-bond donors (Lipinski definition) is 0. The molecule has 2 rings (SSSR count). The van der Waals surface area contributed by atoms with Crippen molar-refractivity contribution in [3.8, 4) is 0 Å². The van der Waals surface area contributed by atoms with Gasteiger partial charge in [-0.1, -0.05) is 15.9 Å². The molecule has 1 saturated heterocycles. The van der Waals surface area contributed by atoms with Gasteiger partial charge in [0.25, 0.3) is 0 Å². The molecule has 0 aromatic carbocycles. The van der Waals surface area contributed by atoms with Crippen LogP contribution in [0.15, 0.2) is 16.7 Å². The zero-order valence-electron chi connectivity index (χ0n) is 9.75. The van der Waals surface area contributed by atoms with E-state index in [9.17, 15) is 13.2 Å². The second kappa shape index (κ2) is 5.97. The average molecular weight is 404 g/mol. The highest BCUT2D eigenvalue weighted by Gasteiger charge is 2.37. The first-order valence-corrected chi connectivity index (χ1v) is 7.48. The molecule has 1 fully saturated rings. The molecule has 1 aliphatic heterocycles. The van der Waals surface area contributed by atoms with E-state index in [2.05, 4.69) is 36.8 Å². The number of morpholine rings is 1. The normalized spacial score (nSPS) is 20.7. The zero-order valence-corrected chi connectivity index (χ0v) is 12.9. The molecule has 1 aliphatic rings. The molecular weight excluding hydrogens is 393 g/mol. The van der Waals surface area contributed by atoms with Crippen molar-refractivity contribution >= 4 is 37.7 Å². The summed E-state index contributed by atoms with van der Waals surface area (Å²) in [6.45, 7) is 1.19. The van der Waals surface area contributed by atoms with E-state index in [4.69, 9.17) is 4.74 Å². The summed E-state index contributed by atoms with van der Waals surface area (Å²) in [4.78, 5) is 5.54. The molecule has 106 valence electrons. The van der Waals surface area contributed by atoms with Gasteiger partial charge in [-0.05, 0) is 22.0 Å². The number of ether oxygens (including phenoxy) is 1. The smallest absolute Gasteiger partial charge is 0.374 e. The van der Waals surface area contributed by atoms with Crippen LogP contribution >= 0.6 is 31.9 Å². The topological polar surface area (TPSA) is 25.4 Å². The quantitative estimate of drug-likeness (QED) is 0.707. The van der Waals surface area contributed by atoms with Crippen LogP contribution in [0.2, 0.25) is 0 Å². The number of rotatable bonds is 2. The van der Waals surface area contributed by atoms with Crippen LogP contribution in [0.4, 0.5) is 19.0 Å². The van der Waals surface area contributed by atoms with E-state index in [0.717, 1.165) is 6.07 Å². The molecule has 0 spiro atoms. The summed E-state index contributed by atoms with van der Waals surface area (Å²) in [5.41, 5.74) is -0.725. The highest BCUT2D eigenvalue weighted by molar-refractivity contribution is 9.10. The van der Waals surface area contributed by atoms with Crippen LogP contribution in [-0.2, 0) is 10.9 Å². The van der Waals surface area contributed by atoms with Crippen molar-refractivity contribution in [3.63, 3.8) is 0 Å². The maximum Gasteiger partial charge on any atom is 0.419 e. The molecule has 1 aromatic rings. The van der Waals surface area contributed by atoms with Crippen LogP contribution in [0.3, 0.4) is 0 Å². The van der Waals surface area contributed by atoms with Crippen molar-refractivity contribution in [3.05, 3.63) is 22.3 Å². The summed E-state index contributed by atoms with van der Waals surface area (Å²) < 4.78 is 44.8. The van der Waals surface area contributed by atoms with Crippen molar-refractivity contribution in [1.29, 1.82) is 0 Å². The fraction of sp³-hybridized carbons (Fsp3) is 0.545. The molecule has 0 aliphatic carbocycles. The second-order valence-corrected chi connectivity index (χ2v) is 5.68. The van der Waals surface area contributed by atoms with Crippen LogP contribution in [0.5, 0.6) is 0 Å². The Morgan fingerprint density at radius 2 is 2.21 bits per heavy atom. The number of hydrogen-bond acceptors (Lipinski definition) is 3. The fourth-order valence-electron chi connectivity index (χ4n) is 1.90. The van der Waals surface area contributed by atoms with E-state index in [1.807, 2.05) is 0 Å². The van der Waals surface area contributed by atoms with Crippen molar-refractivity contribution in [2.24, 2.45) is 0 Å². The zero-order chi connectivity index (χ0) is 14.0. The number of aromatic nitrogens is 1. The minimum atomic E-state index is -4.42. The third-order valence-electron chi connectivity index (χ3n) is 2.75. The summed E-state index contributed by atoms with van der Waals surface area (Å²) in [6.07, 6.45) is -3.17. The molecule has 1 unspecified atom stereocenters. The molecule has 3 nitrogen and oxygen atoms in total. The molecule has 0 N–H and O–H groups in total. The van der Waals surface area contributed by atoms with E-state index in [1.165, 1.54) is 6.20 Å². The van der Waals surface area contributed by atoms with Gasteiger partial charge in [0.1, 0.15) is 5.82 Å². The van der Waals surface area contributed by atoms with Crippen LogP contribution in [0.1, 0.15) is 5.56 Å². The largest absolute Gasteiger partial charge is 0.419 e. The first kappa shape index (κ1) is 15.1. The maximum atomic E-state index is 13.0. The van der Waals surface area contributed by atoms with Crippen LogP contribution in [0.25, 0.3) is 0 Å². The van der Waals surface area contributed by atoms with Crippen molar-refractivity contribution in [2.45, 2.75) is 12.3 Å². The molecule has 0 radical (unpaired) electrons. The Kier molecular flexibility index (Phi) is 4.73. The van der Waals surface area contributed by atoms with Crippen LogP contribution in [0, 0.1) is 0 Å². The third-order valence-corrected chi connectivity index (χ3v) is 3.90. The van der Waals surface area contributed by atoms with Crippen molar-refractivity contribution < 1.29 is 17.9 Å². The first-order chi connectivity index (χ1) is 8.91. The Morgan fingerprint density at radius 3 is 2.84 bits per heavy atom. The van der Waals surface area contributed by atoms with Gasteiger partial charge in [-0.2, -0.15) is 13.2 Å². The lowest BCUT2D eigenvalue weighted by Crippen LogP contribution is -2.44. The standard InChI is InChI=1S/C11H11Br2F3N2O/c12-4-8-6-18(1-2-19-8)10-9(11(14,15)16)3-7(13)5-17-10/h3,5,8H,1-2,4,6H2. The van der Waals surface area contributed by atoms with E-state index >= 15 is 0 Å². The van der Waals surface area contributed by atoms with Gasteiger partial charge in [0.05, 0.1) is 18.3 Å². The minimum absolute atomic E-state index is 0.0371.